The van der Waals surface area contributed by atoms with Gasteiger partial charge in [0.1, 0.15) is 0 Å². The summed E-state index contributed by atoms with van der Waals surface area (Å²) in [6, 6.07) is 18.0. The van der Waals surface area contributed by atoms with Crippen LogP contribution in [0.2, 0.25) is 0 Å². The molecule has 104 valence electrons. The molecule has 4 aromatic rings. The Balaban J connectivity index is 2.07. The lowest BCUT2D eigenvalue weighted by Crippen LogP contribution is -2.10. The molecule has 0 spiro atoms. The number of hydrogen-bond donors (Lipinski definition) is 0. The van der Waals surface area contributed by atoms with E-state index in [0.29, 0.717) is 0 Å². The molecule has 2 aromatic carbocycles. The van der Waals surface area contributed by atoms with Crippen molar-refractivity contribution in [3.05, 3.63) is 54.1 Å². The molecule has 0 atom stereocenters. The second-order valence-electron chi connectivity index (χ2n) is 6.54. The van der Waals surface area contributed by atoms with Crippen LogP contribution in [-0.2, 0) is 5.41 Å². The number of thiophene rings is 1. The standard InChI is InChI=1S/C19H17S2/c1-19(2,3)13-8-9-15-12(10-13)11-17-18(21-15)14-6-4-5-7-16(14)20-17/h4-11H,1-3H3/q+1. The van der Waals surface area contributed by atoms with E-state index in [1.165, 1.54) is 35.1 Å². The van der Waals surface area contributed by atoms with Crippen LogP contribution in [-0.4, -0.2) is 0 Å². The van der Waals surface area contributed by atoms with E-state index < -0.39 is 0 Å². The lowest BCUT2D eigenvalue weighted by atomic mass is 9.86. The maximum absolute atomic E-state index is 2.36. The van der Waals surface area contributed by atoms with E-state index >= 15 is 0 Å². The van der Waals surface area contributed by atoms with Crippen molar-refractivity contribution >= 4 is 52.2 Å². The second kappa shape index (κ2) is 4.49. The summed E-state index contributed by atoms with van der Waals surface area (Å²) in [6.07, 6.45) is 0. The molecule has 21 heavy (non-hydrogen) atoms. The summed E-state index contributed by atoms with van der Waals surface area (Å²) in [5.74, 6) is 0. The zero-order valence-electron chi connectivity index (χ0n) is 12.4. The average Bonchev–Trinajstić information content (AvgIpc) is 2.81. The first-order valence-electron chi connectivity index (χ1n) is 7.21. The first-order valence-corrected chi connectivity index (χ1v) is 8.84. The Hall–Kier alpha value is -1.51. The highest BCUT2D eigenvalue weighted by molar-refractivity contribution is 7.34. The molecular formula is C19H17S2+. The lowest BCUT2D eigenvalue weighted by Gasteiger charge is -2.18. The predicted octanol–water partition coefficient (Wildman–Crippen LogP) is 6.85. The van der Waals surface area contributed by atoms with Crippen molar-refractivity contribution in [1.29, 1.82) is 0 Å². The van der Waals surface area contributed by atoms with Gasteiger partial charge in [-0.25, -0.2) is 0 Å². The van der Waals surface area contributed by atoms with E-state index in [1.54, 1.807) is 0 Å². The minimum Gasteiger partial charge on any atom is -0.130 e. The smallest absolute Gasteiger partial charge is 0.130 e. The van der Waals surface area contributed by atoms with E-state index in [4.69, 9.17) is 0 Å². The van der Waals surface area contributed by atoms with Crippen LogP contribution in [0.25, 0.3) is 29.6 Å². The molecule has 0 aliphatic heterocycles. The van der Waals surface area contributed by atoms with Crippen LogP contribution < -0.4 is 0 Å². The quantitative estimate of drug-likeness (QED) is 0.312. The van der Waals surface area contributed by atoms with Gasteiger partial charge < -0.3 is 0 Å². The highest BCUT2D eigenvalue weighted by Crippen LogP contribution is 2.40. The number of fused-ring (bicyclic) bond motifs is 4. The molecule has 4 rings (SSSR count). The Bertz CT molecular complexity index is 971. The Morgan fingerprint density at radius 2 is 1.71 bits per heavy atom. The average molecular weight is 309 g/mol. The first-order chi connectivity index (χ1) is 10.0. The van der Waals surface area contributed by atoms with Crippen molar-refractivity contribution in [2.24, 2.45) is 0 Å². The molecule has 0 fully saturated rings. The van der Waals surface area contributed by atoms with Gasteiger partial charge in [-0.05, 0) is 35.2 Å². The van der Waals surface area contributed by atoms with Crippen LogP contribution in [0, 0.1) is 0 Å². The molecule has 0 saturated carbocycles. The lowest BCUT2D eigenvalue weighted by molar-refractivity contribution is 0.591. The van der Waals surface area contributed by atoms with Crippen LogP contribution in [0.15, 0.2) is 48.5 Å². The molecule has 0 nitrogen and oxygen atoms in total. The van der Waals surface area contributed by atoms with Crippen molar-refractivity contribution in [3.63, 3.8) is 0 Å². The summed E-state index contributed by atoms with van der Waals surface area (Å²) in [6.45, 7) is 6.82. The summed E-state index contributed by atoms with van der Waals surface area (Å²) in [5.41, 5.74) is 1.61. The van der Waals surface area contributed by atoms with E-state index in [0.717, 1.165) is 0 Å². The summed E-state index contributed by atoms with van der Waals surface area (Å²) < 4.78 is 5.58. The maximum atomic E-state index is 2.36. The van der Waals surface area contributed by atoms with Crippen molar-refractivity contribution in [3.8, 4) is 0 Å². The maximum Gasteiger partial charge on any atom is 0.257 e. The molecular weight excluding hydrogens is 292 g/mol. The van der Waals surface area contributed by atoms with E-state index in [-0.39, 0.29) is 5.41 Å². The Morgan fingerprint density at radius 3 is 2.52 bits per heavy atom. The second-order valence-corrected chi connectivity index (χ2v) is 8.68. The summed E-state index contributed by atoms with van der Waals surface area (Å²) in [5, 5.41) is 2.76. The predicted molar refractivity (Wildman–Crippen MR) is 97.8 cm³/mol. The van der Waals surface area contributed by atoms with Gasteiger partial charge in [0.05, 0.1) is 10.1 Å². The molecule has 2 heterocycles. The number of rotatable bonds is 0. The van der Waals surface area contributed by atoms with Crippen molar-refractivity contribution in [1.82, 2.24) is 0 Å². The number of hydrogen-bond acceptors (Lipinski definition) is 1. The van der Waals surface area contributed by atoms with Crippen LogP contribution in [0.1, 0.15) is 26.3 Å². The fourth-order valence-corrected chi connectivity index (χ4v) is 5.12. The van der Waals surface area contributed by atoms with Gasteiger partial charge in [0, 0.05) is 16.2 Å². The van der Waals surface area contributed by atoms with Gasteiger partial charge >= 0.3 is 0 Å². The van der Waals surface area contributed by atoms with Crippen molar-refractivity contribution in [2.45, 2.75) is 26.2 Å². The molecule has 0 radical (unpaired) electrons. The third-order valence-corrected chi connectivity index (χ3v) is 6.43. The van der Waals surface area contributed by atoms with Gasteiger partial charge in [-0.15, -0.1) is 11.3 Å². The van der Waals surface area contributed by atoms with Gasteiger partial charge in [0.15, 0.2) is 0 Å². The Labute approximate surface area is 132 Å². The molecule has 0 aliphatic carbocycles. The monoisotopic (exact) mass is 309 g/mol. The fraction of sp³-hybridized carbons (Fsp3) is 0.211. The third kappa shape index (κ3) is 2.14. The minimum absolute atomic E-state index is 0.202. The molecule has 0 N–H and O–H groups in total. The highest BCUT2D eigenvalue weighted by Gasteiger charge is 2.19. The largest absolute Gasteiger partial charge is 0.257 e. The zero-order valence-corrected chi connectivity index (χ0v) is 14.1. The Morgan fingerprint density at radius 1 is 0.905 bits per heavy atom. The molecule has 2 aromatic heterocycles. The summed E-state index contributed by atoms with van der Waals surface area (Å²) >= 11 is 3.82. The molecule has 0 aliphatic rings. The van der Waals surface area contributed by atoms with Gasteiger partial charge in [-0.2, -0.15) is 0 Å². The van der Waals surface area contributed by atoms with E-state index in [9.17, 15) is 0 Å². The zero-order chi connectivity index (χ0) is 14.6. The third-order valence-electron chi connectivity index (χ3n) is 3.95. The first kappa shape index (κ1) is 13.2. The molecule has 2 heteroatoms. The molecule has 0 amide bonds. The van der Waals surface area contributed by atoms with E-state index in [2.05, 4.69) is 69.3 Å². The van der Waals surface area contributed by atoms with Gasteiger partial charge in [0.2, 0.25) is 16.0 Å². The minimum atomic E-state index is 0.202. The molecule has 0 unspecified atom stereocenters. The Kier molecular flexibility index (Phi) is 2.82. The van der Waals surface area contributed by atoms with E-state index in [1.807, 2.05) is 22.7 Å². The van der Waals surface area contributed by atoms with Crippen LogP contribution in [0.5, 0.6) is 0 Å². The van der Waals surface area contributed by atoms with Crippen LogP contribution >= 0.6 is 22.7 Å². The molecule has 0 bridgehead atoms. The van der Waals surface area contributed by atoms with Gasteiger partial charge in [0.25, 0.3) is 4.70 Å². The van der Waals surface area contributed by atoms with Crippen molar-refractivity contribution in [2.75, 3.05) is 0 Å². The molecule has 0 saturated heterocycles. The highest BCUT2D eigenvalue weighted by atomic mass is 32.1. The summed E-state index contributed by atoms with van der Waals surface area (Å²) in [4.78, 5) is 0. The van der Waals surface area contributed by atoms with Crippen molar-refractivity contribution < 1.29 is 0 Å². The number of benzene rings is 2. The SMILES string of the molecule is CC(C)(C)c1ccc2[s+]c3c(cc2c1)sc1ccccc13. The topological polar surface area (TPSA) is 0 Å². The van der Waals surface area contributed by atoms with Gasteiger partial charge in [-0.3, -0.25) is 0 Å². The summed E-state index contributed by atoms with van der Waals surface area (Å²) in [7, 11) is 0. The van der Waals surface area contributed by atoms with Crippen LogP contribution in [0.3, 0.4) is 0 Å². The fourth-order valence-electron chi connectivity index (χ4n) is 2.71. The van der Waals surface area contributed by atoms with Crippen LogP contribution in [0.4, 0.5) is 0 Å². The normalized spacial score (nSPS) is 12.5. The van der Waals surface area contributed by atoms with Gasteiger partial charge in [-0.1, -0.05) is 39.0 Å².